The third kappa shape index (κ3) is 3.38. The Morgan fingerprint density at radius 3 is 2.81 bits per heavy atom. The van der Waals surface area contributed by atoms with Crippen LogP contribution >= 0.6 is 0 Å². The van der Waals surface area contributed by atoms with Crippen LogP contribution in [-0.4, -0.2) is 16.8 Å². The maximum Gasteiger partial charge on any atom is 0.0817 e. The van der Waals surface area contributed by atoms with Crippen molar-refractivity contribution >= 4 is 11.4 Å². The van der Waals surface area contributed by atoms with Crippen molar-refractivity contribution in [2.75, 3.05) is 17.7 Å². The zero-order chi connectivity index (χ0) is 14.7. The Bertz CT molecular complexity index is 584. The number of hydrogen-bond donors (Lipinski definition) is 1. The van der Waals surface area contributed by atoms with E-state index in [1.807, 2.05) is 18.2 Å². The van der Waals surface area contributed by atoms with Crippen LogP contribution in [0.2, 0.25) is 0 Å². The third-order valence-corrected chi connectivity index (χ3v) is 4.32. The Labute approximate surface area is 126 Å². The van der Waals surface area contributed by atoms with Crippen molar-refractivity contribution < 1.29 is 0 Å². The molecule has 0 atom stereocenters. The molecule has 3 rings (SSSR count). The molecular formula is C17H24N4. The van der Waals surface area contributed by atoms with Gasteiger partial charge in [-0.05, 0) is 37.1 Å². The van der Waals surface area contributed by atoms with Crippen LogP contribution in [-0.2, 0) is 6.54 Å². The summed E-state index contributed by atoms with van der Waals surface area (Å²) in [7, 11) is 2.08. The lowest BCUT2D eigenvalue weighted by Gasteiger charge is -2.22. The smallest absolute Gasteiger partial charge is 0.0817 e. The first-order valence-corrected chi connectivity index (χ1v) is 7.83. The van der Waals surface area contributed by atoms with Crippen molar-refractivity contribution in [2.45, 2.75) is 44.7 Å². The molecule has 1 aliphatic rings. The summed E-state index contributed by atoms with van der Waals surface area (Å²) in [5.41, 5.74) is 8.89. The number of nitrogens with two attached hydrogens (primary N) is 1. The van der Waals surface area contributed by atoms with Gasteiger partial charge in [0, 0.05) is 24.6 Å². The molecule has 2 N–H and O–H groups in total. The van der Waals surface area contributed by atoms with Gasteiger partial charge >= 0.3 is 0 Å². The van der Waals surface area contributed by atoms with Crippen LogP contribution in [0.1, 0.15) is 43.8 Å². The highest BCUT2D eigenvalue weighted by Gasteiger charge is 2.16. The van der Waals surface area contributed by atoms with Gasteiger partial charge in [-0.1, -0.05) is 25.3 Å². The van der Waals surface area contributed by atoms with Crippen molar-refractivity contribution in [2.24, 2.45) is 0 Å². The summed E-state index contributed by atoms with van der Waals surface area (Å²) in [5.74, 6) is 0. The second kappa shape index (κ2) is 6.20. The largest absolute Gasteiger partial charge is 0.399 e. The van der Waals surface area contributed by atoms with Crippen molar-refractivity contribution in [3.63, 3.8) is 0 Å². The number of benzene rings is 1. The monoisotopic (exact) mass is 284 g/mol. The number of aromatic nitrogens is 2. The lowest BCUT2D eigenvalue weighted by Crippen LogP contribution is -2.18. The van der Waals surface area contributed by atoms with E-state index in [9.17, 15) is 0 Å². The molecule has 112 valence electrons. The molecule has 0 amide bonds. The van der Waals surface area contributed by atoms with E-state index in [0.717, 1.165) is 23.6 Å². The average Bonchev–Trinajstić information content (AvgIpc) is 2.97. The molecule has 1 saturated carbocycles. The van der Waals surface area contributed by atoms with Crippen LogP contribution in [0.4, 0.5) is 11.4 Å². The van der Waals surface area contributed by atoms with Crippen molar-refractivity contribution in [1.29, 1.82) is 0 Å². The quantitative estimate of drug-likeness (QED) is 0.872. The van der Waals surface area contributed by atoms with E-state index in [-0.39, 0.29) is 0 Å². The SMILES string of the molecule is CN(Cc1ccn(C2CCCCC2)n1)c1cccc(N)c1. The standard InChI is InChI=1S/C17H24N4/c1-20(17-9-5-6-14(18)12-17)13-15-10-11-21(19-15)16-7-3-2-4-8-16/h5-6,9-12,16H,2-4,7-8,13,18H2,1H3. The summed E-state index contributed by atoms with van der Waals surface area (Å²) >= 11 is 0. The zero-order valence-corrected chi connectivity index (χ0v) is 12.7. The highest BCUT2D eigenvalue weighted by Crippen LogP contribution is 2.27. The average molecular weight is 284 g/mol. The molecule has 0 aliphatic heterocycles. The topological polar surface area (TPSA) is 47.1 Å². The molecule has 2 aromatic rings. The van der Waals surface area contributed by atoms with E-state index in [2.05, 4.69) is 35.0 Å². The van der Waals surface area contributed by atoms with Gasteiger partial charge < -0.3 is 10.6 Å². The summed E-state index contributed by atoms with van der Waals surface area (Å²) in [6, 6.07) is 10.7. The van der Waals surface area contributed by atoms with Gasteiger partial charge in [-0.15, -0.1) is 0 Å². The molecule has 4 nitrogen and oxygen atoms in total. The molecule has 0 saturated heterocycles. The van der Waals surface area contributed by atoms with Gasteiger partial charge in [0.2, 0.25) is 0 Å². The molecule has 1 aliphatic carbocycles. The molecule has 21 heavy (non-hydrogen) atoms. The Kier molecular flexibility index (Phi) is 4.13. The van der Waals surface area contributed by atoms with Crippen LogP contribution < -0.4 is 10.6 Å². The van der Waals surface area contributed by atoms with Crippen LogP contribution in [0, 0.1) is 0 Å². The van der Waals surface area contributed by atoms with Gasteiger partial charge in [0.05, 0.1) is 18.3 Å². The van der Waals surface area contributed by atoms with Crippen LogP contribution in [0.25, 0.3) is 0 Å². The Balaban J connectivity index is 1.66. The lowest BCUT2D eigenvalue weighted by molar-refractivity contribution is 0.328. The molecule has 0 spiro atoms. The van der Waals surface area contributed by atoms with E-state index >= 15 is 0 Å². The number of hydrogen-bond acceptors (Lipinski definition) is 3. The molecule has 0 bridgehead atoms. The fraction of sp³-hybridized carbons (Fsp3) is 0.471. The maximum atomic E-state index is 5.84. The number of nitrogen functional groups attached to an aromatic ring is 1. The summed E-state index contributed by atoms with van der Waals surface area (Å²) in [4.78, 5) is 2.18. The number of nitrogens with zero attached hydrogens (tertiary/aromatic N) is 3. The molecule has 0 unspecified atom stereocenters. The third-order valence-electron chi connectivity index (χ3n) is 4.32. The van der Waals surface area contributed by atoms with Gasteiger partial charge in [-0.2, -0.15) is 5.10 Å². The lowest BCUT2D eigenvalue weighted by atomic mass is 9.96. The highest BCUT2D eigenvalue weighted by atomic mass is 15.3. The fourth-order valence-electron chi connectivity index (χ4n) is 3.11. The molecular weight excluding hydrogens is 260 g/mol. The first-order valence-electron chi connectivity index (χ1n) is 7.83. The predicted molar refractivity (Wildman–Crippen MR) is 87.3 cm³/mol. The second-order valence-electron chi connectivity index (χ2n) is 6.03. The van der Waals surface area contributed by atoms with Crippen molar-refractivity contribution in [1.82, 2.24) is 9.78 Å². The predicted octanol–water partition coefficient (Wildman–Crippen LogP) is 3.61. The van der Waals surface area contributed by atoms with Crippen LogP contribution in [0.15, 0.2) is 36.5 Å². The summed E-state index contributed by atoms with van der Waals surface area (Å²) in [6.45, 7) is 0.809. The van der Waals surface area contributed by atoms with Crippen LogP contribution in [0.5, 0.6) is 0 Å². The van der Waals surface area contributed by atoms with E-state index in [0.29, 0.717) is 6.04 Å². The molecule has 1 aromatic carbocycles. The molecule has 1 fully saturated rings. The highest BCUT2D eigenvalue weighted by molar-refractivity contribution is 5.55. The summed E-state index contributed by atoms with van der Waals surface area (Å²) in [5, 5.41) is 4.77. The van der Waals surface area contributed by atoms with Crippen molar-refractivity contribution in [3.8, 4) is 0 Å². The van der Waals surface area contributed by atoms with E-state index in [1.165, 1.54) is 32.1 Å². The summed E-state index contributed by atoms with van der Waals surface area (Å²) in [6.07, 6.45) is 8.73. The molecule has 1 aromatic heterocycles. The first-order chi connectivity index (χ1) is 10.2. The minimum atomic E-state index is 0.602. The number of anilines is 2. The fourth-order valence-corrected chi connectivity index (χ4v) is 3.11. The van der Waals surface area contributed by atoms with Gasteiger partial charge in [0.15, 0.2) is 0 Å². The Morgan fingerprint density at radius 1 is 1.24 bits per heavy atom. The molecule has 1 heterocycles. The number of rotatable bonds is 4. The van der Waals surface area contributed by atoms with E-state index in [4.69, 9.17) is 10.8 Å². The Hall–Kier alpha value is -1.97. The molecule has 0 radical (unpaired) electrons. The van der Waals surface area contributed by atoms with E-state index < -0.39 is 0 Å². The van der Waals surface area contributed by atoms with Crippen LogP contribution in [0.3, 0.4) is 0 Å². The Morgan fingerprint density at radius 2 is 2.05 bits per heavy atom. The maximum absolute atomic E-state index is 5.84. The van der Waals surface area contributed by atoms with Gasteiger partial charge in [0.25, 0.3) is 0 Å². The van der Waals surface area contributed by atoms with Gasteiger partial charge in [-0.3, -0.25) is 4.68 Å². The minimum Gasteiger partial charge on any atom is -0.399 e. The van der Waals surface area contributed by atoms with Gasteiger partial charge in [-0.25, -0.2) is 0 Å². The zero-order valence-electron chi connectivity index (χ0n) is 12.7. The second-order valence-corrected chi connectivity index (χ2v) is 6.03. The normalized spacial score (nSPS) is 16.0. The van der Waals surface area contributed by atoms with E-state index in [1.54, 1.807) is 0 Å². The molecule has 4 heteroatoms. The minimum absolute atomic E-state index is 0.602. The van der Waals surface area contributed by atoms with Gasteiger partial charge in [0.1, 0.15) is 0 Å². The summed E-state index contributed by atoms with van der Waals surface area (Å²) < 4.78 is 2.17. The first kappa shape index (κ1) is 14.0. The van der Waals surface area contributed by atoms with Crippen molar-refractivity contribution in [3.05, 3.63) is 42.2 Å².